The molecule has 134 valence electrons. The van der Waals surface area contributed by atoms with Gasteiger partial charge in [-0.1, -0.05) is 0 Å². The Hall–Kier alpha value is -1.34. The molecule has 0 aromatic carbocycles. The van der Waals surface area contributed by atoms with Gasteiger partial charge in [0.25, 0.3) is 0 Å². The smallest absolute Gasteiger partial charge is 0.410 e. The highest BCUT2D eigenvalue weighted by Crippen LogP contribution is 2.25. The van der Waals surface area contributed by atoms with E-state index in [1.807, 2.05) is 0 Å². The first-order valence-corrected chi connectivity index (χ1v) is 7.86. The first-order chi connectivity index (χ1) is 10.3. The highest BCUT2D eigenvalue weighted by molar-refractivity contribution is 5.72. The summed E-state index contributed by atoms with van der Waals surface area (Å²) in [6, 6.07) is -0.674. The lowest BCUT2D eigenvalue weighted by Crippen LogP contribution is -2.46. The van der Waals surface area contributed by atoms with E-state index in [-0.39, 0.29) is 19.4 Å². The standard InChI is InChI=1S/C16H29NO6/c1-15(2,3)22-13(20)8-12(19)11-7-10(18)9-17(11)14(21)23-16(4,5)6/h10-12,18-19H,7-9H2,1-6H3/t10-,11+,12+/m1/s1. The van der Waals surface area contributed by atoms with Gasteiger partial charge >= 0.3 is 12.1 Å². The molecule has 0 aliphatic carbocycles. The van der Waals surface area contributed by atoms with E-state index in [1.54, 1.807) is 41.5 Å². The summed E-state index contributed by atoms with van der Waals surface area (Å²) >= 11 is 0. The number of hydrogen-bond acceptors (Lipinski definition) is 6. The number of aliphatic hydroxyl groups excluding tert-OH is 2. The predicted octanol–water partition coefficient (Wildman–Crippen LogP) is 1.45. The molecule has 0 aromatic heterocycles. The third-order valence-corrected chi connectivity index (χ3v) is 3.19. The fraction of sp³-hybridized carbons (Fsp3) is 0.875. The number of esters is 1. The topological polar surface area (TPSA) is 96.3 Å². The maximum atomic E-state index is 12.2. The maximum absolute atomic E-state index is 12.2. The number of ether oxygens (including phenoxy) is 2. The summed E-state index contributed by atoms with van der Waals surface area (Å²) in [7, 11) is 0. The molecule has 1 aliphatic heterocycles. The van der Waals surface area contributed by atoms with E-state index in [4.69, 9.17) is 9.47 Å². The van der Waals surface area contributed by atoms with Crippen LogP contribution in [-0.4, -0.2) is 63.2 Å². The molecule has 1 aliphatic rings. The Morgan fingerprint density at radius 1 is 1.13 bits per heavy atom. The predicted molar refractivity (Wildman–Crippen MR) is 83.8 cm³/mol. The summed E-state index contributed by atoms with van der Waals surface area (Å²) in [6.45, 7) is 10.5. The molecule has 3 atom stereocenters. The Labute approximate surface area is 137 Å². The lowest BCUT2D eigenvalue weighted by molar-refractivity contribution is -0.157. The quantitative estimate of drug-likeness (QED) is 0.760. The van der Waals surface area contributed by atoms with Gasteiger partial charge in [-0.25, -0.2) is 4.79 Å². The van der Waals surface area contributed by atoms with Crippen molar-refractivity contribution in [1.82, 2.24) is 4.90 Å². The van der Waals surface area contributed by atoms with E-state index in [0.29, 0.717) is 0 Å². The van der Waals surface area contributed by atoms with Crippen molar-refractivity contribution in [3.8, 4) is 0 Å². The van der Waals surface area contributed by atoms with Crippen LogP contribution in [0.1, 0.15) is 54.4 Å². The molecule has 0 spiro atoms. The molecule has 0 aromatic rings. The number of carbonyl (C=O) groups excluding carboxylic acids is 2. The minimum Gasteiger partial charge on any atom is -0.460 e. The first kappa shape index (κ1) is 19.7. The highest BCUT2D eigenvalue weighted by atomic mass is 16.6. The SMILES string of the molecule is CC(C)(C)OC(=O)C[C@H](O)[C@@H]1C[C@@H](O)CN1C(=O)OC(C)(C)C. The number of nitrogens with zero attached hydrogens (tertiary/aromatic N) is 1. The summed E-state index contributed by atoms with van der Waals surface area (Å²) in [6.07, 6.45) is -2.52. The molecule has 1 rings (SSSR count). The zero-order valence-corrected chi connectivity index (χ0v) is 14.8. The highest BCUT2D eigenvalue weighted by Gasteiger charge is 2.41. The lowest BCUT2D eigenvalue weighted by Gasteiger charge is -2.31. The van der Waals surface area contributed by atoms with Crippen molar-refractivity contribution in [3.63, 3.8) is 0 Å². The molecule has 2 N–H and O–H groups in total. The van der Waals surface area contributed by atoms with E-state index >= 15 is 0 Å². The summed E-state index contributed by atoms with van der Waals surface area (Å²) < 4.78 is 10.5. The van der Waals surface area contributed by atoms with Crippen LogP contribution in [-0.2, 0) is 14.3 Å². The average molecular weight is 331 g/mol. The van der Waals surface area contributed by atoms with Crippen LogP contribution in [0.3, 0.4) is 0 Å². The van der Waals surface area contributed by atoms with Crippen LogP contribution >= 0.6 is 0 Å². The monoisotopic (exact) mass is 331 g/mol. The minimum absolute atomic E-state index is 0.0744. The van der Waals surface area contributed by atoms with Gasteiger partial charge in [-0.2, -0.15) is 0 Å². The molecular formula is C16H29NO6. The fourth-order valence-electron chi connectivity index (χ4n) is 2.43. The third-order valence-electron chi connectivity index (χ3n) is 3.19. The van der Waals surface area contributed by atoms with E-state index in [1.165, 1.54) is 4.90 Å². The van der Waals surface area contributed by atoms with Gasteiger partial charge in [0.1, 0.15) is 11.2 Å². The van der Waals surface area contributed by atoms with Gasteiger partial charge in [0.2, 0.25) is 0 Å². The van der Waals surface area contributed by atoms with Crippen molar-refractivity contribution in [2.75, 3.05) is 6.54 Å². The fourth-order valence-corrected chi connectivity index (χ4v) is 2.43. The summed E-state index contributed by atoms with van der Waals surface area (Å²) in [5, 5.41) is 20.1. The average Bonchev–Trinajstić information content (AvgIpc) is 2.66. The number of carbonyl (C=O) groups is 2. The van der Waals surface area contributed by atoms with Gasteiger partial charge in [0.15, 0.2) is 0 Å². The molecule has 0 radical (unpaired) electrons. The zero-order valence-electron chi connectivity index (χ0n) is 14.8. The Morgan fingerprint density at radius 3 is 2.13 bits per heavy atom. The van der Waals surface area contributed by atoms with E-state index < -0.39 is 41.5 Å². The van der Waals surface area contributed by atoms with Gasteiger partial charge in [-0.05, 0) is 48.0 Å². The van der Waals surface area contributed by atoms with Crippen LogP contribution in [0.4, 0.5) is 4.79 Å². The second-order valence-corrected chi connectivity index (χ2v) is 7.95. The van der Waals surface area contributed by atoms with Crippen LogP contribution in [0.25, 0.3) is 0 Å². The van der Waals surface area contributed by atoms with Crippen molar-refractivity contribution in [2.45, 2.75) is 83.8 Å². The molecule has 7 nitrogen and oxygen atoms in total. The molecule has 0 unspecified atom stereocenters. The van der Waals surface area contributed by atoms with Gasteiger partial charge in [-0.3, -0.25) is 9.69 Å². The van der Waals surface area contributed by atoms with Gasteiger partial charge in [-0.15, -0.1) is 0 Å². The molecule has 1 fully saturated rings. The Kier molecular flexibility index (Phi) is 6.04. The maximum Gasteiger partial charge on any atom is 0.410 e. The van der Waals surface area contributed by atoms with Crippen molar-refractivity contribution in [2.24, 2.45) is 0 Å². The van der Waals surface area contributed by atoms with Crippen molar-refractivity contribution in [1.29, 1.82) is 0 Å². The van der Waals surface area contributed by atoms with Crippen molar-refractivity contribution < 1.29 is 29.3 Å². The second kappa shape index (κ2) is 7.05. The summed E-state index contributed by atoms with van der Waals surface area (Å²) in [5.74, 6) is -0.546. The van der Waals surface area contributed by atoms with Crippen LogP contribution in [0, 0.1) is 0 Å². The minimum atomic E-state index is -1.12. The number of rotatable bonds is 3. The van der Waals surface area contributed by atoms with Crippen LogP contribution in [0.5, 0.6) is 0 Å². The molecule has 23 heavy (non-hydrogen) atoms. The third kappa shape index (κ3) is 6.74. The molecular weight excluding hydrogens is 302 g/mol. The first-order valence-electron chi connectivity index (χ1n) is 7.86. The van der Waals surface area contributed by atoms with Gasteiger partial charge in [0.05, 0.1) is 31.2 Å². The van der Waals surface area contributed by atoms with Crippen LogP contribution in [0.2, 0.25) is 0 Å². The Morgan fingerprint density at radius 2 is 1.65 bits per heavy atom. The van der Waals surface area contributed by atoms with Gasteiger partial charge in [0, 0.05) is 0 Å². The molecule has 1 amide bonds. The van der Waals surface area contributed by atoms with Gasteiger partial charge < -0.3 is 19.7 Å². The summed E-state index contributed by atoms with van der Waals surface area (Å²) in [4.78, 5) is 25.3. The largest absolute Gasteiger partial charge is 0.460 e. The number of β-amino-alcohol motifs (C(OH)–C–C–N with tert-alkyl or cyclic N) is 1. The van der Waals surface area contributed by atoms with E-state index in [9.17, 15) is 19.8 Å². The number of amides is 1. The zero-order chi connectivity index (χ0) is 18.0. The number of aliphatic hydroxyl groups is 2. The van der Waals surface area contributed by atoms with Crippen molar-refractivity contribution in [3.05, 3.63) is 0 Å². The molecule has 1 heterocycles. The summed E-state index contributed by atoms with van der Waals surface area (Å²) in [5.41, 5.74) is -1.32. The lowest BCUT2D eigenvalue weighted by atomic mass is 10.0. The van der Waals surface area contributed by atoms with Crippen LogP contribution < -0.4 is 0 Å². The van der Waals surface area contributed by atoms with Crippen molar-refractivity contribution >= 4 is 12.1 Å². The second-order valence-electron chi connectivity index (χ2n) is 7.95. The molecule has 0 saturated carbocycles. The molecule has 0 bridgehead atoms. The molecule has 1 saturated heterocycles. The number of likely N-dealkylation sites (tertiary alicyclic amines) is 1. The normalized spacial score (nSPS) is 23.6. The molecule has 7 heteroatoms. The van der Waals surface area contributed by atoms with E-state index in [0.717, 1.165) is 0 Å². The van der Waals surface area contributed by atoms with Crippen LogP contribution in [0.15, 0.2) is 0 Å². The van der Waals surface area contributed by atoms with E-state index in [2.05, 4.69) is 0 Å². The Balaban J connectivity index is 2.71. The Bertz CT molecular complexity index is 437. The number of hydrogen-bond donors (Lipinski definition) is 2.